The molecule has 1 heterocycles. The summed E-state index contributed by atoms with van der Waals surface area (Å²) in [4.78, 5) is 3.70. The van der Waals surface area contributed by atoms with Crippen LogP contribution in [0.2, 0.25) is 5.02 Å². The van der Waals surface area contributed by atoms with Gasteiger partial charge in [-0.2, -0.15) is 5.26 Å². The lowest BCUT2D eigenvalue weighted by molar-refractivity contribution is 1.26. The van der Waals surface area contributed by atoms with E-state index in [-0.39, 0.29) is 0 Å². The number of hydrogen-bond acceptors (Lipinski definition) is 2. The summed E-state index contributed by atoms with van der Waals surface area (Å²) >= 11 is 5.50. The zero-order valence-electron chi connectivity index (χ0n) is 6.50. The monoisotopic (exact) mass is 168 g/mol. The van der Waals surface area contributed by atoms with Gasteiger partial charge in [0.15, 0.2) is 0 Å². The molecule has 0 radical (unpaired) electrons. The molecular formula is C8H9ClN2. The van der Waals surface area contributed by atoms with Gasteiger partial charge in [0.2, 0.25) is 0 Å². The molecule has 0 N–H and O–H groups in total. The third-order valence-corrected chi connectivity index (χ3v) is 1.07. The largest absolute Gasteiger partial charge is 0.244 e. The van der Waals surface area contributed by atoms with Crippen LogP contribution >= 0.6 is 11.6 Å². The Kier molecular flexibility index (Phi) is 5.14. The van der Waals surface area contributed by atoms with Crippen LogP contribution in [0.25, 0.3) is 0 Å². The summed E-state index contributed by atoms with van der Waals surface area (Å²) in [5.41, 5.74) is 0.388. The quantitative estimate of drug-likeness (QED) is 0.597. The van der Waals surface area contributed by atoms with Crippen molar-refractivity contribution in [3.8, 4) is 6.07 Å². The molecule has 1 aromatic rings. The number of nitrogens with zero attached hydrogens (tertiary/aromatic N) is 2. The third kappa shape index (κ3) is 3.59. The normalized spacial score (nSPS) is 7.45. The lowest BCUT2D eigenvalue weighted by atomic mass is 10.4. The van der Waals surface area contributed by atoms with Gasteiger partial charge in [-0.3, -0.25) is 0 Å². The highest BCUT2D eigenvalue weighted by molar-refractivity contribution is 6.30. The first-order chi connectivity index (χ1) is 5.33. The van der Waals surface area contributed by atoms with Gasteiger partial charge in [-0.25, -0.2) is 4.98 Å². The average molecular weight is 169 g/mol. The molecule has 11 heavy (non-hydrogen) atoms. The Morgan fingerprint density at radius 3 is 2.45 bits per heavy atom. The van der Waals surface area contributed by atoms with E-state index in [4.69, 9.17) is 16.9 Å². The molecule has 0 aliphatic carbocycles. The van der Waals surface area contributed by atoms with E-state index in [2.05, 4.69) is 4.98 Å². The minimum Gasteiger partial charge on any atom is -0.244 e. The van der Waals surface area contributed by atoms with Gasteiger partial charge in [0.05, 0.1) is 5.02 Å². The van der Waals surface area contributed by atoms with Crippen LogP contribution in [0.3, 0.4) is 0 Å². The van der Waals surface area contributed by atoms with Crippen molar-refractivity contribution in [2.45, 2.75) is 13.8 Å². The maximum Gasteiger partial charge on any atom is 0.140 e. The van der Waals surface area contributed by atoms with Crippen LogP contribution in [0, 0.1) is 11.3 Å². The Morgan fingerprint density at radius 2 is 2.09 bits per heavy atom. The molecule has 0 aliphatic rings. The van der Waals surface area contributed by atoms with Gasteiger partial charge in [-0.05, 0) is 12.1 Å². The lowest BCUT2D eigenvalue weighted by Crippen LogP contribution is -1.77. The molecule has 0 spiro atoms. The maximum atomic E-state index is 8.27. The number of halogens is 1. The molecule has 1 aromatic heterocycles. The van der Waals surface area contributed by atoms with Crippen molar-refractivity contribution in [3.05, 3.63) is 29.0 Å². The third-order valence-electron chi connectivity index (χ3n) is 0.842. The summed E-state index contributed by atoms with van der Waals surface area (Å²) in [6, 6.07) is 5.09. The fraction of sp³-hybridized carbons (Fsp3) is 0.250. The highest BCUT2D eigenvalue weighted by Crippen LogP contribution is 2.04. The van der Waals surface area contributed by atoms with Crippen LogP contribution in [-0.2, 0) is 0 Å². The highest BCUT2D eigenvalue weighted by Gasteiger charge is 1.88. The van der Waals surface area contributed by atoms with Crippen molar-refractivity contribution < 1.29 is 0 Å². The van der Waals surface area contributed by atoms with Crippen LogP contribution in [0.15, 0.2) is 18.3 Å². The van der Waals surface area contributed by atoms with Crippen molar-refractivity contribution >= 4 is 11.6 Å². The molecule has 0 atom stereocenters. The van der Waals surface area contributed by atoms with E-state index in [1.165, 1.54) is 6.20 Å². The summed E-state index contributed by atoms with van der Waals surface area (Å²) in [5, 5.41) is 8.82. The summed E-state index contributed by atoms with van der Waals surface area (Å²) in [6.07, 6.45) is 1.44. The molecule has 0 saturated carbocycles. The first-order valence-electron chi connectivity index (χ1n) is 3.34. The predicted molar refractivity (Wildman–Crippen MR) is 45.3 cm³/mol. The molecule has 0 saturated heterocycles. The molecule has 58 valence electrons. The highest BCUT2D eigenvalue weighted by atomic mass is 35.5. The van der Waals surface area contributed by atoms with Gasteiger partial charge in [-0.1, -0.05) is 25.4 Å². The Morgan fingerprint density at radius 1 is 1.45 bits per heavy atom. The summed E-state index contributed by atoms with van der Waals surface area (Å²) in [7, 11) is 0. The van der Waals surface area contributed by atoms with Crippen molar-refractivity contribution in [3.63, 3.8) is 0 Å². The fourth-order valence-electron chi connectivity index (χ4n) is 0.442. The molecule has 0 aromatic carbocycles. The molecule has 0 aliphatic heterocycles. The minimum absolute atomic E-state index is 0.388. The zero-order valence-corrected chi connectivity index (χ0v) is 7.26. The van der Waals surface area contributed by atoms with E-state index in [0.717, 1.165) is 0 Å². The fourth-order valence-corrected chi connectivity index (χ4v) is 0.554. The second-order valence-corrected chi connectivity index (χ2v) is 1.91. The first kappa shape index (κ1) is 9.93. The van der Waals surface area contributed by atoms with Gasteiger partial charge in [0, 0.05) is 6.20 Å². The van der Waals surface area contributed by atoms with Gasteiger partial charge in [0.25, 0.3) is 0 Å². The van der Waals surface area contributed by atoms with Crippen molar-refractivity contribution in [2.75, 3.05) is 0 Å². The Hall–Kier alpha value is -1.07. The molecule has 1 rings (SSSR count). The molecule has 3 heteroatoms. The summed E-state index contributed by atoms with van der Waals surface area (Å²) in [6.45, 7) is 4.00. The second-order valence-electron chi connectivity index (χ2n) is 1.47. The van der Waals surface area contributed by atoms with Crippen LogP contribution in [0.5, 0.6) is 0 Å². The summed E-state index contributed by atoms with van der Waals surface area (Å²) in [5.74, 6) is 0. The standard InChI is InChI=1S/C6H3ClN2.C2H6/c7-5-1-2-6(3-8)9-4-5;1-2/h1-2,4H;1-2H3. The molecule has 0 bridgehead atoms. The van der Waals surface area contributed by atoms with Gasteiger partial charge >= 0.3 is 0 Å². The number of pyridine rings is 1. The number of hydrogen-bond donors (Lipinski definition) is 0. The van der Waals surface area contributed by atoms with E-state index in [1.807, 2.05) is 19.9 Å². The van der Waals surface area contributed by atoms with Gasteiger partial charge < -0.3 is 0 Å². The van der Waals surface area contributed by atoms with Crippen molar-refractivity contribution in [1.82, 2.24) is 4.98 Å². The van der Waals surface area contributed by atoms with Gasteiger partial charge in [0.1, 0.15) is 11.8 Å². The Labute approximate surface area is 71.4 Å². The first-order valence-corrected chi connectivity index (χ1v) is 3.72. The van der Waals surface area contributed by atoms with E-state index < -0.39 is 0 Å². The van der Waals surface area contributed by atoms with Crippen LogP contribution in [0.4, 0.5) is 0 Å². The number of aromatic nitrogens is 1. The van der Waals surface area contributed by atoms with E-state index in [9.17, 15) is 0 Å². The molecule has 0 unspecified atom stereocenters. The van der Waals surface area contributed by atoms with Crippen molar-refractivity contribution in [1.29, 1.82) is 5.26 Å². The van der Waals surface area contributed by atoms with Crippen LogP contribution in [-0.4, -0.2) is 4.98 Å². The Balaban J connectivity index is 0.000000461. The van der Waals surface area contributed by atoms with E-state index in [1.54, 1.807) is 12.1 Å². The topological polar surface area (TPSA) is 36.7 Å². The number of rotatable bonds is 0. The zero-order chi connectivity index (χ0) is 8.69. The van der Waals surface area contributed by atoms with Crippen molar-refractivity contribution in [2.24, 2.45) is 0 Å². The molecule has 0 amide bonds. The second kappa shape index (κ2) is 5.70. The van der Waals surface area contributed by atoms with E-state index in [0.29, 0.717) is 10.7 Å². The molecule has 2 nitrogen and oxygen atoms in total. The molecule has 0 fully saturated rings. The van der Waals surface area contributed by atoms with E-state index >= 15 is 0 Å². The van der Waals surface area contributed by atoms with Gasteiger partial charge in [-0.15, -0.1) is 0 Å². The predicted octanol–water partition coefficient (Wildman–Crippen LogP) is 2.63. The average Bonchev–Trinajstić information content (AvgIpc) is 2.10. The number of nitriles is 1. The lowest BCUT2D eigenvalue weighted by Gasteiger charge is -1.85. The maximum absolute atomic E-state index is 8.27. The minimum atomic E-state index is 0.388. The summed E-state index contributed by atoms with van der Waals surface area (Å²) < 4.78 is 0. The smallest absolute Gasteiger partial charge is 0.140 e. The SMILES string of the molecule is CC.N#Cc1ccc(Cl)cn1. The van der Waals surface area contributed by atoms with Crippen LogP contribution < -0.4 is 0 Å². The molecular weight excluding hydrogens is 160 g/mol. The Bertz CT molecular complexity index is 235. The van der Waals surface area contributed by atoms with Crippen LogP contribution in [0.1, 0.15) is 19.5 Å².